The van der Waals surface area contributed by atoms with E-state index in [-0.39, 0.29) is 42.6 Å². The van der Waals surface area contributed by atoms with Crippen molar-refractivity contribution in [2.45, 2.75) is 25.8 Å². The third kappa shape index (κ3) is 4.14. The number of aromatic nitrogens is 2. The molecular formula is C20H23Cl2FN4O. The van der Waals surface area contributed by atoms with Crippen molar-refractivity contribution in [2.24, 2.45) is 7.05 Å². The molecule has 1 aliphatic heterocycles. The first kappa shape index (κ1) is 22.1. The Balaban J connectivity index is 0.00000140. The number of hydrogen-bond acceptors (Lipinski definition) is 3. The lowest BCUT2D eigenvalue weighted by molar-refractivity contribution is -0.117. The normalized spacial score (nSPS) is 15.8. The molecule has 0 radical (unpaired) electrons. The standard InChI is InChI=1S/C20H21FN4O.2ClH/c1-12-10-13(5-7-15(12)24-20(26)16-4-3-9-22-16)19-23-17-11-14(21)6-8-18(17)25(19)2;;/h5-8,10-11,16,22H,3-4,9H2,1-2H3,(H,24,26);2*1H. The molecule has 1 unspecified atom stereocenters. The third-order valence-corrected chi connectivity index (χ3v) is 4.96. The molecule has 1 saturated heterocycles. The van der Waals surface area contributed by atoms with Crippen molar-refractivity contribution in [3.8, 4) is 11.4 Å². The van der Waals surface area contributed by atoms with Gasteiger partial charge in [-0.15, -0.1) is 24.8 Å². The second-order valence-corrected chi connectivity index (χ2v) is 6.80. The lowest BCUT2D eigenvalue weighted by Gasteiger charge is -2.14. The number of benzene rings is 2. The molecule has 5 nitrogen and oxygen atoms in total. The van der Waals surface area contributed by atoms with Crippen molar-refractivity contribution in [3.63, 3.8) is 0 Å². The third-order valence-electron chi connectivity index (χ3n) is 4.96. The maximum atomic E-state index is 13.5. The molecule has 0 saturated carbocycles. The van der Waals surface area contributed by atoms with E-state index in [4.69, 9.17) is 0 Å². The molecule has 0 spiro atoms. The molecule has 2 heterocycles. The molecular weight excluding hydrogens is 402 g/mol. The molecule has 8 heteroatoms. The van der Waals surface area contributed by atoms with Crippen LogP contribution in [0.5, 0.6) is 0 Å². The Labute approximate surface area is 175 Å². The van der Waals surface area contributed by atoms with Crippen LogP contribution in [-0.4, -0.2) is 28.0 Å². The summed E-state index contributed by atoms with van der Waals surface area (Å²) >= 11 is 0. The number of amides is 1. The minimum atomic E-state index is -0.295. The number of nitrogens with one attached hydrogen (secondary N) is 2. The Morgan fingerprint density at radius 3 is 2.71 bits per heavy atom. The molecule has 2 N–H and O–H groups in total. The average Bonchev–Trinajstić information content (AvgIpc) is 3.25. The number of halogens is 3. The number of anilines is 1. The molecule has 3 aromatic rings. The summed E-state index contributed by atoms with van der Waals surface area (Å²) in [5.41, 5.74) is 4.21. The van der Waals surface area contributed by atoms with E-state index in [0.717, 1.165) is 47.5 Å². The molecule has 2 aromatic carbocycles. The van der Waals surface area contributed by atoms with Gasteiger partial charge in [-0.25, -0.2) is 9.37 Å². The van der Waals surface area contributed by atoms with E-state index in [2.05, 4.69) is 15.6 Å². The van der Waals surface area contributed by atoms with Crippen LogP contribution in [0, 0.1) is 12.7 Å². The number of carbonyl (C=O) groups excluding carboxylic acids is 1. The highest BCUT2D eigenvalue weighted by atomic mass is 35.5. The van der Waals surface area contributed by atoms with Gasteiger partial charge in [0.2, 0.25) is 5.91 Å². The number of fused-ring (bicyclic) bond motifs is 1. The van der Waals surface area contributed by atoms with Crippen molar-refractivity contribution >= 4 is 47.4 Å². The molecule has 150 valence electrons. The SMILES string of the molecule is Cc1cc(-c2nc3cc(F)ccc3n2C)ccc1NC(=O)C1CCCN1.Cl.Cl. The number of aryl methyl sites for hydroxylation is 2. The Hall–Kier alpha value is -2.15. The summed E-state index contributed by atoms with van der Waals surface area (Å²) in [7, 11) is 1.92. The van der Waals surface area contributed by atoms with Crippen molar-refractivity contribution in [2.75, 3.05) is 11.9 Å². The maximum Gasteiger partial charge on any atom is 0.241 e. The highest BCUT2D eigenvalue weighted by Gasteiger charge is 2.22. The summed E-state index contributed by atoms with van der Waals surface area (Å²) in [5, 5.41) is 6.21. The Bertz CT molecular complexity index is 999. The van der Waals surface area contributed by atoms with Crippen molar-refractivity contribution in [1.29, 1.82) is 0 Å². The summed E-state index contributed by atoms with van der Waals surface area (Å²) in [4.78, 5) is 16.9. The van der Waals surface area contributed by atoms with Gasteiger partial charge < -0.3 is 15.2 Å². The van der Waals surface area contributed by atoms with E-state index in [1.54, 1.807) is 6.07 Å². The molecule has 0 aliphatic carbocycles. The van der Waals surface area contributed by atoms with E-state index < -0.39 is 0 Å². The number of rotatable bonds is 3. The summed E-state index contributed by atoms with van der Waals surface area (Å²) in [6, 6.07) is 10.3. The largest absolute Gasteiger partial charge is 0.327 e. The molecule has 0 bridgehead atoms. The van der Waals surface area contributed by atoms with Gasteiger partial charge in [0.1, 0.15) is 11.6 Å². The fourth-order valence-corrected chi connectivity index (χ4v) is 3.50. The number of carbonyl (C=O) groups is 1. The van der Waals surface area contributed by atoms with E-state index in [1.165, 1.54) is 12.1 Å². The van der Waals surface area contributed by atoms with E-state index >= 15 is 0 Å². The molecule has 1 atom stereocenters. The zero-order valence-electron chi connectivity index (χ0n) is 15.7. The highest BCUT2D eigenvalue weighted by molar-refractivity contribution is 5.96. The number of hydrogen-bond donors (Lipinski definition) is 2. The Kier molecular flexibility index (Phi) is 7.04. The molecule has 1 fully saturated rings. The zero-order chi connectivity index (χ0) is 18.3. The molecule has 1 aliphatic rings. The molecule has 28 heavy (non-hydrogen) atoms. The summed E-state index contributed by atoms with van der Waals surface area (Å²) < 4.78 is 15.4. The van der Waals surface area contributed by atoms with E-state index in [0.29, 0.717) is 5.52 Å². The zero-order valence-corrected chi connectivity index (χ0v) is 17.3. The first-order chi connectivity index (χ1) is 12.5. The van der Waals surface area contributed by atoms with Crippen LogP contribution in [0.3, 0.4) is 0 Å². The van der Waals surface area contributed by atoms with Gasteiger partial charge in [-0.3, -0.25) is 4.79 Å². The fraction of sp³-hybridized carbons (Fsp3) is 0.300. The van der Waals surface area contributed by atoms with Gasteiger partial charge in [-0.1, -0.05) is 0 Å². The predicted molar refractivity (Wildman–Crippen MR) is 115 cm³/mol. The summed E-state index contributed by atoms with van der Waals surface area (Å²) in [6.07, 6.45) is 1.91. The Morgan fingerprint density at radius 1 is 1.25 bits per heavy atom. The van der Waals surface area contributed by atoms with Crippen LogP contribution < -0.4 is 10.6 Å². The van der Waals surface area contributed by atoms with Crippen LogP contribution in [0.15, 0.2) is 36.4 Å². The van der Waals surface area contributed by atoms with Crippen LogP contribution >= 0.6 is 24.8 Å². The second kappa shape index (κ2) is 8.90. The first-order valence-electron chi connectivity index (χ1n) is 8.80. The van der Waals surface area contributed by atoms with Crippen LogP contribution in [0.4, 0.5) is 10.1 Å². The van der Waals surface area contributed by atoms with Gasteiger partial charge in [0.05, 0.1) is 17.1 Å². The van der Waals surface area contributed by atoms with Gasteiger partial charge in [-0.2, -0.15) is 0 Å². The van der Waals surface area contributed by atoms with Gasteiger partial charge in [-0.05, 0) is 62.2 Å². The van der Waals surface area contributed by atoms with Gasteiger partial charge in [0.25, 0.3) is 0 Å². The van der Waals surface area contributed by atoms with Crippen LogP contribution in [-0.2, 0) is 11.8 Å². The van der Waals surface area contributed by atoms with Crippen LogP contribution in [0.25, 0.3) is 22.4 Å². The monoisotopic (exact) mass is 424 g/mol. The Morgan fingerprint density at radius 2 is 2.04 bits per heavy atom. The van der Waals surface area contributed by atoms with Gasteiger partial charge in [0, 0.05) is 24.4 Å². The summed E-state index contributed by atoms with van der Waals surface area (Å²) in [5.74, 6) is 0.484. The first-order valence-corrected chi connectivity index (χ1v) is 8.80. The molecule has 1 aromatic heterocycles. The van der Waals surface area contributed by atoms with Crippen molar-refractivity contribution in [1.82, 2.24) is 14.9 Å². The lowest BCUT2D eigenvalue weighted by Crippen LogP contribution is -2.35. The maximum absolute atomic E-state index is 13.5. The number of imidazole rings is 1. The van der Waals surface area contributed by atoms with E-state index in [1.807, 2.05) is 36.7 Å². The minimum absolute atomic E-state index is 0. The number of nitrogens with zero attached hydrogens (tertiary/aromatic N) is 2. The average molecular weight is 425 g/mol. The smallest absolute Gasteiger partial charge is 0.241 e. The van der Waals surface area contributed by atoms with Crippen molar-refractivity contribution in [3.05, 3.63) is 47.8 Å². The van der Waals surface area contributed by atoms with E-state index in [9.17, 15) is 9.18 Å². The van der Waals surface area contributed by atoms with Gasteiger partial charge in [0.15, 0.2) is 0 Å². The second-order valence-electron chi connectivity index (χ2n) is 6.80. The predicted octanol–water partition coefficient (Wildman–Crippen LogP) is 4.22. The van der Waals surface area contributed by atoms with Crippen LogP contribution in [0.2, 0.25) is 0 Å². The minimum Gasteiger partial charge on any atom is -0.327 e. The lowest BCUT2D eigenvalue weighted by atomic mass is 10.1. The highest BCUT2D eigenvalue weighted by Crippen LogP contribution is 2.27. The van der Waals surface area contributed by atoms with Gasteiger partial charge >= 0.3 is 0 Å². The van der Waals surface area contributed by atoms with Crippen LogP contribution in [0.1, 0.15) is 18.4 Å². The molecule has 4 rings (SSSR count). The quantitative estimate of drug-likeness (QED) is 0.661. The fourth-order valence-electron chi connectivity index (χ4n) is 3.50. The molecule has 1 amide bonds. The topological polar surface area (TPSA) is 59.0 Å². The van der Waals surface area contributed by atoms with Crippen molar-refractivity contribution < 1.29 is 9.18 Å². The summed E-state index contributed by atoms with van der Waals surface area (Å²) in [6.45, 7) is 2.85.